The normalized spacial score (nSPS) is 11.3. The molecule has 0 aromatic heterocycles. The van der Waals surface area contributed by atoms with E-state index in [0.29, 0.717) is 38.7 Å². The van der Waals surface area contributed by atoms with Gasteiger partial charge in [0.05, 0.1) is 10.0 Å². The van der Waals surface area contributed by atoms with E-state index < -0.39 is 13.3 Å². The molecule has 152 valence electrons. The first-order valence-electron chi connectivity index (χ1n) is 9.32. The molecule has 0 radical (unpaired) electrons. The second kappa shape index (κ2) is 8.81. The van der Waals surface area contributed by atoms with Crippen LogP contribution in [0.2, 0.25) is 10.0 Å². The lowest BCUT2D eigenvalue weighted by Gasteiger charge is -2.15. The molecule has 0 saturated carbocycles. The summed E-state index contributed by atoms with van der Waals surface area (Å²) in [6.07, 6.45) is 0. The van der Waals surface area contributed by atoms with Crippen molar-refractivity contribution in [1.29, 1.82) is 0 Å². The second-order valence-corrected chi connectivity index (χ2v) is 9.37. The summed E-state index contributed by atoms with van der Waals surface area (Å²) in [5, 5.41) is 0.761. The summed E-state index contributed by atoms with van der Waals surface area (Å²) in [6.45, 7) is 7.20. The zero-order valence-corrected chi connectivity index (χ0v) is 19.5. The minimum Gasteiger partial charge on any atom is -0.289 e. The van der Waals surface area contributed by atoms with E-state index in [0.717, 1.165) is 0 Å². The van der Waals surface area contributed by atoms with E-state index in [4.69, 9.17) is 23.2 Å². The lowest BCUT2D eigenvalue weighted by atomic mass is 9.89. The molecule has 0 N–H and O–H groups in total. The van der Waals surface area contributed by atoms with Crippen molar-refractivity contribution in [1.82, 2.24) is 0 Å². The first-order valence-corrected chi connectivity index (χ1v) is 11.3. The molecule has 6 heteroatoms. The lowest BCUT2D eigenvalue weighted by Crippen LogP contribution is -2.19. The largest absolute Gasteiger partial charge is 0.459 e. The number of halogens is 2. The molecule has 3 nitrogen and oxygen atoms in total. The Morgan fingerprint density at radius 3 is 1.70 bits per heavy atom. The first-order chi connectivity index (χ1) is 14.2. The van der Waals surface area contributed by atoms with Crippen LogP contribution in [-0.2, 0) is 4.57 Å². The fraction of sp³-hybridized carbons (Fsp3) is 0.167. The predicted octanol–water partition coefficient (Wildman–Crippen LogP) is 6.75. The van der Waals surface area contributed by atoms with Gasteiger partial charge >= 0.3 is 13.3 Å². The molecule has 1 atom stereocenters. The van der Waals surface area contributed by atoms with Gasteiger partial charge < -0.3 is 0 Å². The maximum absolute atomic E-state index is 13.3. The molecule has 0 aliphatic carbocycles. The maximum Gasteiger partial charge on any atom is 0.459 e. The van der Waals surface area contributed by atoms with E-state index in [1.807, 2.05) is 32.0 Å². The van der Waals surface area contributed by atoms with Crippen molar-refractivity contribution in [2.75, 3.05) is 0 Å². The van der Waals surface area contributed by atoms with Crippen LogP contribution in [0.1, 0.15) is 48.5 Å². The third-order valence-corrected chi connectivity index (χ3v) is 7.71. The first kappa shape index (κ1) is 22.4. The summed E-state index contributed by atoms with van der Waals surface area (Å²) < 4.78 is 13.3. The molecule has 0 fully saturated rings. The van der Waals surface area contributed by atoms with E-state index in [1.54, 1.807) is 44.2 Å². The summed E-state index contributed by atoms with van der Waals surface area (Å²) in [4.78, 5) is 26.2. The zero-order valence-electron chi connectivity index (χ0n) is 17.0. The third-order valence-electron chi connectivity index (χ3n) is 5.41. The van der Waals surface area contributed by atoms with Crippen molar-refractivity contribution < 1.29 is 14.2 Å². The molecule has 0 saturated heterocycles. The van der Waals surface area contributed by atoms with Crippen LogP contribution in [0.25, 0.3) is 0 Å². The van der Waals surface area contributed by atoms with Gasteiger partial charge in [-0.2, -0.15) is 0 Å². The van der Waals surface area contributed by atoms with Gasteiger partial charge in [-0.25, -0.2) is 4.79 Å². The maximum atomic E-state index is 13.3. The summed E-state index contributed by atoms with van der Waals surface area (Å²) in [7, 11) is -2.47. The van der Waals surface area contributed by atoms with Gasteiger partial charge in [0, 0.05) is 22.3 Å². The Kier molecular flexibility index (Phi) is 6.57. The summed E-state index contributed by atoms with van der Waals surface area (Å²) in [6, 6.07) is 13.7. The molecular formula is C24H20Cl2O3P+. The topological polar surface area (TPSA) is 51.2 Å². The van der Waals surface area contributed by atoms with E-state index in [9.17, 15) is 14.2 Å². The van der Waals surface area contributed by atoms with Gasteiger partial charge in [0.1, 0.15) is 5.56 Å². The predicted molar refractivity (Wildman–Crippen MR) is 123 cm³/mol. The molecule has 1 unspecified atom stereocenters. The van der Waals surface area contributed by atoms with Crippen LogP contribution in [0.15, 0.2) is 48.5 Å². The highest BCUT2D eigenvalue weighted by atomic mass is 35.5. The number of ketones is 1. The molecule has 3 aromatic carbocycles. The van der Waals surface area contributed by atoms with Gasteiger partial charge in [-0.3, -0.25) is 4.79 Å². The summed E-state index contributed by atoms with van der Waals surface area (Å²) in [5.41, 5.74) is 3.34. The van der Waals surface area contributed by atoms with Gasteiger partial charge in [0.15, 0.2) is 5.78 Å². The van der Waals surface area contributed by atoms with Crippen molar-refractivity contribution in [3.8, 4) is 0 Å². The Labute approximate surface area is 186 Å². The van der Waals surface area contributed by atoms with Crippen molar-refractivity contribution in [2.45, 2.75) is 27.7 Å². The molecule has 30 heavy (non-hydrogen) atoms. The highest BCUT2D eigenvalue weighted by Gasteiger charge is 2.40. The van der Waals surface area contributed by atoms with Crippen LogP contribution in [0.5, 0.6) is 0 Å². The number of rotatable bonds is 5. The Hall–Kier alpha value is -2.32. The van der Waals surface area contributed by atoms with Crippen molar-refractivity contribution >= 4 is 47.6 Å². The number of hydrogen-bond acceptors (Lipinski definition) is 3. The molecule has 3 aromatic rings. The smallest absolute Gasteiger partial charge is 0.289 e. The standard InChI is InChI=1S/C24H20Cl2O3P/c1-13-15(3)23(30(29)24(28)21-18(25)11-8-12-19(21)26)16(4)14(2)20(13)22(27)17-9-6-5-7-10-17/h5-12H,1-4H3/q+1. The van der Waals surface area contributed by atoms with E-state index in [1.165, 1.54) is 0 Å². The van der Waals surface area contributed by atoms with Gasteiger partial charge in [-0.05, 0) is 51.0 Å². The number of carbonyl (C=O) groups is 2. The Balaban J connectivity index is 2.15. The van der Waals surface area contributed by atoms with E-state index in [-0.39, 0.29) is 21.4 Å². The Morgan fingerprint density at radius 1 is 0.700 bits per heavy atom. The highest BCUT2D eigenvalue weighted by molar-refractivity contribution is 7.71. The van der Waals surface area contributed by atoms with Crippen molar-refractivity contribution in [3.05, 3.63) is 97.5 Å². The van der Waals surface area contributed by atoms with Gasteiger partial charge in [0.25, 0.3) is 0 Å². The van der Waals surface area contributed by atoms with E-state index in [2.05, 4.69) is 0 Å². The highest BCUT2D eigenvalue weighted by Crippen LogP contribution is 2.38. The Morgan fingerprint density at radius 2 is 1.20 bits per heavy atom. The monoisotopic (exact) mass is 457 g/mol. The molecule has 0 bridgehead atoms. The second-order valence-electron chi connectivity index (χ2n) is 7.11. The quantitative estimate of drug-likeness (QED) is 0.314. The summed E-state index contributed by atoms with van der Waals surface area (Å²) in [5.74, 6) is -0.0981. The lowest BCUT2D eigenvalue weighted by molar-refractivity contribution is 0.103. The fourth-order valence-electron chi connectivity index (χ4n) is 3.58. The molecule has 0 aliphatic heterocycles. The van der Waals surface area contributed by atoms with Gasteiger partial charge in [0.2, 0.25) is 5.30 Å². The summed E-state index contributed by atoms with van der Waals surface area (Å²) >= 11 is 12.3. The molecule has 0 heterocycles. The average molecular weight is 458 g/mol. The number of hydrogen-bond donors (Lipinski definition) is 0. The van der Waals surface area contributed by atoms with Crippen LogP contribution in [0.4, 0.5) is 0 Å². The minimum absolute atomic E-state index is 0.0560. The van der Waals surface area contributed by atoms with Crippen molar-refractivity contribution in [3.63, 3.8) is 0 Å². The zero-order chi connectivity index (χ0) is 22.2. The molecule has 3 rings (SSSR count). The van der Waals surface area contributed by atoms with Crippen molar-refractivity contribution in [2.24, 2.45) is 0 Å². The van der Waals surface area contributed by atoms with Crippen LogP contribution in [0, 0.1) is 27.7 Å². The molecule has 0 amide bonds. The van der Waals surface area contributed by atoms with Crippen LogP contribution in [-0.4, -0.2) is 11.3 Å². The van der Waals surface area contributed by atoms with Gasteiger partial charge in [-0.1, -0.05) is 64.2 Å². The average Bonchev–Trinajstić information content (AvgIpc) is 2.72. The van der Waals surface area contributed by atoms with Gasteiger partial charge in [-0.15, -0.1) is 0 Å². The molecular weight excluding hydrogens is 438 g/mol. The number of carbonyl (C=O) groups excluding carboxylic acids is 2. The van der Waals surface area contributed by atoms with E-state index >= 15 is 0 Å². The molecule has 0 spiro atoms. The van der Waals surface area contributed by atoms with Crippen LogP contribution < -0.4 is 5.30 Å². The SMILES string of the molecule is Cc1c(C)c([P+](=O)C(=O)c2c(Cl)cccc2Cl)c(C)c(C)c1C(=O)c1ccccc1. The minimum atomic E-state index is -2.47. The Bertz CT molecular complexity index is 1150. The fourth-order valence-corrected chi connectivity index (χ4v) is 5.87. The molecule has 0 aliphatic rings. The number of benzene rings is 3. The van der Waals surface area contributed by atoms with Crippen LogP contribution >= 0.6 is 31.0 Å². The van der Waals surface area contributed by atoms with Crippen LogP contribution in [0.3, 0.4) is 0 Å². The third kappa shape index (κ3) is 3.86.